The third-order valence-electron chi connectivity index (χ3n) is 5.43. The van der Waals surface area contributed by atoms with Crippen molar-refractivity contribution in [3.8, 4) is 0 Å². The van der Waals surface area contributed by atoms with E-state index in [4.69, 9.17) is 5.73 Å². The maximum absolute atomic E-state index is 12.8. The smallest absolute Gasteiger partial charge is 0.160 e. The van der Waals surface area contributed by atoms with Gasteiger partial charge >= 0.3 is 0 Å². The lowest BCUT2D eigenvalue weighted by Crippen LogP contribution is -2.44. The van der Waals surface area contributed by atoms with E-state index >= 15 is 0 Å². The molecule has 3 N–H and O–H groups in total. The van der Waals surface area contributed by atoms with Gasteiger partial charge in [0.25, 0.3) is 0 Å². The van der Waals surface area contributed by atoms with Gasteiger partial charge < -0.3 is 11.1 Å². The molecule has 24 heavy (non-hydrogen) atoms. The third-order valence-corrected chi connectivity index (χ3v) is 5.43. The van der Waals surface area contributed by atoms with Crippen LogP contribution in [0.4, 0.5) is 5.69 Å². The Kier molecular flexibility index (Phi) is 4.71. The van der Waals surface area contributed by atoms with Gasteiger partial charge in [-0.1, -0.05) is 31.7 Å². The Morgan fingerprint density at radius 1 is 1.21 bits per heavy atom. The van der Waals surface area contributed by atoms with Crippen molar-refractivity contribution < 1.29 is 4.79 Å². The molecule has 1 aliphatic carbocycles. The molecule has 1 aromatic rings. The minimum Gasteiger partial charge on any atom is -0.398 e. The maximum atomic E-state index is 12.8. The van der Waals surface area contributed by atoms with Crippen molar-refractivity contribution in [3.63, 3.8) is 0 Å². The molecule has 3 heteroatoms. The monoisotopic (exact) mass is 326 g/mol. The largest absolute Gasteiger partial charge is 0.398 e. The average molecular weight is 326 g/mol. The second-order valence-electron chi connectivity index (χ2n) is 8.20. The van der Waals surface area contributed by atoms with Gasteiger partial charge in [0.1, 0.15) is 0 Å². The minimum absolute atomic E-state index is 0.0505. The molecule has 0 saturated heterocycles. The Hall–Kier alpha value is -1.77. The first-order chi connectivity index (χ1) is 11.4. The van der Waals surface area contributed by atoms with Gasteiger partial charge in [0.2, 0.25) is 0 Å². The van der Waals surface area contributed by atoms with Gasteiger partial charge in [0, 0.05) is 34.5 Å². The van der Waals surface area contributed by atoms with Gasteiger partial charge in [0.05, 0.1) is 0 Å². The van der Waals surface area contributed by atoms with E-state index in [1.54, 1.807) is 0 Å². The molecule has 3 rings (SSSR count). The second kappa shape index (κ2) is 6.62. The maximum Gasteiger partial charge on any atom is 0.160 e. The van der Waals surface area contributed by atoms with Crippen LogP contribution < -0.4 is 11.1 Å². The van der Waals surface area contributed by atoms with Gasteiger partial charge in [-0.15, -0.1) is 0 Å². The van der Waals surface area contributed by atoms with Crippen LogP contribution in [0, 0.1) is 12.8 Å². The molecular weight excluding hydrogens is 296 g/mol. The van der Waals surface area contributed by atoms with Crippen LogP contribution in [-0.2, 0) is 11.2 Å². The zero-order valence-electron chi connectivity index (χ0n) is 15.2. The standard InChI is InChI=1S/C21H30N2O/c1-14-10-16-13-21(2,3)23-19(17(16)11-18(14)22)12-20(24)15-8-6-4-5-7-9-15/h10-12,15,23H,4-9,13,22H2,1-3H3. The number of rotatable bonds is 2. The molecule has 0 atom stereocenters. The molecule has 1 heterocycles. The van der Waals surface area contributed by atoms with Crippen molar-refractivity contribution in [2.24, 2.45) is 5.92 Å². The van der Waals surface area contributed by atoms with Crippen molar-refractivity contribution in [2.45, 2.75) is 71.3 Å². The summed E-state index contributed by atoms with van der Waals surface area (Å²) in [5, 5.41) is 3.57. The quantitative estimate of drug-likeness (QED) is 0.482. The van der Waals surface area contributed by atoms with Crippen LogP contribution in [0.3, 0.4) is 0 Å². The van der Waals surface area contributed by atoms with Crippen molar-refractivity contribution >= 4 is 17.2 Å². The molecule has 2 aliphatic rings. The van der Waals surface area contributed by atoms with Gasteiger partial charge in [-0.05, 0) is 57.2 Å². The Bertz CT molecular complexity index is 665. The van der Waals surface area contributed by atoms with Gasteiger partial charge in [-0.2, -0.15) is 0 Å². The highest BCUT2D eigenvalue weighted by Gasteiger charge is 2.29. The van der Waals surface area contributed by atoms with Crippen LogP contribution in [0.2, 0.25) is 0 Å². The number of hydrogen-bond acceptors (Lipinski definition) is 3. The van der Waals surface area contributed by atoms with Crippen LogP contribution in [-0.4, -0.2) is 11.3 Å². The number of carbonyl (C=O) groups excluding carboxylic acids is 1. The Balaban J connectivity index is 1.94. The summed E-state index contributed by atoms with van der Waals surface area (Å²) < 4.78 is 0. The molecule has 3 nitrogen and oxygen atoms in total. The minimum atomic E-state index is -0.0505. The number of nitrogen functional groups attached to an aromatic ring is 1. The molecule has 1 saturated carbocycles. The van der Waals surface area contributed by atoms with E-state index in [0.29, 0.717) is 0 Å². The first-order valence-electron chi connectivity index (χ1n) is 9.29. The number of ketones is 1. The molecule has 0 unspecified atom stereocenters. The number of nitrogens with two attached hydrogens (primary N) is 1. The Labute approximate surface area is 145 Å². The first kappa shape index (κ1) is 17.1. The number of allylic oxidation sites excluding steroid dienone is 1. The molecule has 0 spiro atoms. The number of benzene rings is 1. The van der Waals surface area contributed by atoms with Crippen LogP contribution in [0.1, 0.15) is 69.1 Å². The van der Waals surface area contributed by atoms with Crippen LogP contribution >= 0.6 is 0 Å². The molecule has 0 radical (unpaired) electrons. The lowest BCUT2D eigenvalue weighted by molar-refractivity contribution is -0.118. The SMILES string of the molecule is Cc1cc2c(cc1N)C(=CC(=O)C1CCCCCC1)NC(C)(C)C2. The lowest BCUT2D eigenvalue weighted by atomic mass is 9.83. The molecule has 0 bridgehead atoms. The fourth-order valence-corrected chi connectivity index (χ4v) is 4.07. The molecular formula is C21H30N2O. The zero-order valence-corrected chi connectivity index (χ0v) is 15.2. The predicted octanol–water partition coefficient (Wildman–Crippen LogP) is 4.38. The van der Waals surface area contributed by atoms with E-state index in [1.165, 1.54) is 31.2 Å². The highest BCUT2D eigenvalue weighted by Crippen LogP contribution is 2.33. The first-order valence-corrected chi connectivity index (χ1v) is 9.29. The summed E-state index contributed by atoms with van der Waals surface area (Å²) in [6.07, 6.45) is 9.77. The van der Waals surface area contributed by atoms with E-state index in [1.807, 2.05) is 19.1 Å². The van der Waals surface area contributed by atoms with Crippen molar-refractivity contribution in [1.29, 1.82) is 0 Å². The number of hydrogen-bond donors (Lipinski definition) is 2. The Morgan fingerprint density at radius 3 is 2.54 bits per heavy atom. The van der Waals surface area contributed by atoms with Crippen molar-refractivity contribution in [3.05, 3.63) is 34.9 Å². The van der Waals surface area contributed by atoms with E-state index in [0.717, 1.165) is 41.8 Å². The van der Waals surface area contributed by atoms with E-state index in [9.17, 15) is 4.79 Å². The van der Waals surface area contributed by atoms with Crippen molar-refractivity contribution in [1.82, 2.24) is 5.32 Å². The van der Waals surface area contributed by atoms with Crippen LogP contribution in [0.25, 0.3) is 5.70 Å². The summed E-state index contributed by atoms with van der Waals surface area (Å²) >= 11 is 0. The number of fused-ring (bicyclic) bond motifs is 1. The summed E-state index contributed by atoms with van der Waals surface area (Å²) in [5.41, 5.74) is 11.3. The number of aryl methyl sites for hydroxylation is 1. The van der Waals surface area contributed by atoms with Gasteiger partial charge in [-0.25, -0.2) is 0 Å². The van der Waals surface area contributed by atoms with Crippen LogP contribution in [0.15, 0.2) is 18.2 Å². The molecule has 1 aromatic carbocycles. The molecule has 1 fully saturated rings. The average Bonchev–Trinajstić information content (AvgIpc) is 2.77. The summed E-state index contributed by atoms with van der Waals surface area (Å²) in [7, 11) is 0. The topological polar surface area (TPSA) is 55.1 Å². The highest BCUT2D eigenvalue weighted by atomic mass is 16.1. The summed E-state index contributed by atoms with van der Waals surface area (Å²) in [5.74, 6) is 0.472. The Morgan fingerprint density at radius 2 is 1.88 bits per heavy atom. The number of carbonyl (C=O) groups is 1. The molecule has 1 aliphatic heterocycles. The second-order valence-corrected chi connectivity index (χ2v) is 8.20. The third kappa shape index (κ3) is 3.66. The number of anilines is 1. The normalized spacial score (nSPS) is 22.5. The zero-order chi connectivity index (χ0) is 17.3. The predicted molar refractivity (Wildman–Crippen MR) is 101 cm³/mol. The highest BCUT2D eigenvalue weighted by molar-refractivity contribution is 5.98. The van der Waals surface area contributed by atoms with E-state index < -0.39 is 0 Å². The summed E-state index contributed by atoms with van der Waals surface area (Å²) in [6.45, 7) is 6.42. The molecule has 0 amide bonds. The van der Waals surface area contributed by atoms with E-state index in [2.05, 4.69) is 25.2 Å². The molecule has 130 valence electrons. The van der Waals surface area contributed by atoms with E-state index in [-0.39, 0.29) is 17.2 Å². The van der Waals surface area contributed by atoms with Gasteiger partial charge in [-0.3, -0.25) is 4.79 Å². The van der Waals surface area contributed by atoms with Crippen molar-refractivity contribution in [2.75, 3.05) is 5.73 Å². The lowest BCUT2D eigenvalue weighted by Gasteiger charge is -2.36. The fourth-order valence-electron chi connectivity index (χ4n) is 4.07. The van der Waals surface area contributed by atoms with Gasteiger partial charge in [0.15, 0.2) is 5.78 Å². The number of nitrogens with one attached hydrogen (secondary N) is 1. The van der Waals surface area contributed by atoms with Crippen LogP contribution in [0.5, 0.6) is 0 Å². The summed E-state index contributed by atoms with van der Waals surface area (Å²) in [4.78, 5) is 12.8. The fraction of sp³-hybridized carbons (Fsp3) is 0.571. The summed E-state index contributed by atoms with van der Waals surface area (Å²) in [6, 6.07) is 4.20. The molecule has 0 aromatic heterocycles.